The summed E-state index contributed by atoms with van der Waals surface area (Å²) in [4.78, 5) is 24.5. The van der Waals surface area contributed by atoms with E-state index in [4.69, 9.17) is 4.74 Å². The Labute approximate surface area is 159 Å². The zero-order chi connectivity index (χ0) is 19.4. The van der Waals surface area contributed by atoms with Gasteiger partial charge in [0.05, 0.1) is 12.2 Å². The summed E-state index contributed by atoms with van der Waals surface area (Å²) in [6, 6.07) is 0. The molecule has 3 unspecified atom stereocenters. The van der Waals surface area contributed by atoms with Crippen molar-refractivity contribution in [3.63, 3.8) is 0 Å². The lowest BCUT2D eigenvalue weighted by Gasteiger charge is -2.55. The Balaban J connectivity index is 1.60. The number of carbonyl (C=O) groups excluding carboxylic acids is 2. The molecule has 0 amide bonds. The molecule has 5 rings (SSSR count). The summed E-state index contributed by atoms with van der Waals surface area (Å²) < 4.78 is 6.20. The molecule has 3 saturated carbocycles. The van der Waals surface area contributed by atoms with E-state index in [0.29, 0.717) is 5.92 Å². The number of rotatable bonds is 2. The predicted molar refractivity (Wildman–Crippen MR) is 97.6 cm³/mol. The highest BCUT2D eigenvalue weighted by Crippen LogP contribution is 2.73. The van der Waals surface area contributed by atoms with E-state index in [1.165, 1.54) is 5.57 Å². The minimum atomic E-state index is -1.54. The molecule has 27 heavy (non-hydrogen) atoms. The van der Waals surface area contributed by atoms with E-state index in [0.717, 1.165) is 19.3 Å². The van der Waals surface area contributed by atoms with Crippen LogP contribution < -0.4 is 0 Å². The number of carbonyl (C=O) groups is 2. The van der Waals surface area contributed by atoms with Gasteiger partial charge in [0.2, 0.25) is 0 Å². The monoisotopic (exact) mass is 372 g/mol. The fourth-order valence-electron chi connectivity index (χ4n) is 7.62. The van der Waals surface area contributed by atoms with Crippen LogP contribution in [0.1, 0.15) is 40.0 Å². The lowest BCUT2D eigenvalue weighted by molar-refractivity contribution is -0.167. The number of hydrogen-bond acceptors (Lipinski definition) is 5. The van der Waals surface area contributed by atoms with Crippen LogP contribution >= 0.6 is 0 Å². The molecule has 2 N–H and O–H groups in total. The van der Waals surface area contributed by atoms with E-state index in [-0.39, 0.29) is 41.2 Å². The Hall–Kier alpha value is -1.30. The Morgan fingerprint density at radius 3 is 2.81 bits per heavy atom. The molecule has 9 atom stereocenters. The smallest absolute Gasteiger partial charge is 0.190 e. The number of ether oxygens (including phenoxy) is 1. The van der Waals surface area contributed by atoms with Crippen LogP contribution in [-0.4, -0.2) is 46.2 Å². The highest BCUT2D eigenvalue weighted by molar-refractivity contribution is 6.01. The molecule has 0 bridgehead atoms. The van der Waals surface area contributed by atoms with Crippen LogP contribution in [0.2, 0.25) is 0 Å². The maximum absolute atomic E-state index is 12.6. The van der Waals surface area contributed by atoms with Gasteiger partial charge in [-0.05, 0) is 49.2 Å². The molecule has 5 nitrogen and oxygen atoms in total. The second-order valence-corrected chi connectivity index (χ2v) is 9.81. The summed E-state index contributed by atoms with van der Waals surface area (Å²) in [6.45, 7) is 5.51. The maximum atomic E-state index is 12.6. The van der Waals surface area contributed by atoms with Gasteiger partial charge in [0.25, 0.3) is 0 Å². The van der Waals surface area contributed by atoms with Crippen LogP contribution in [-0.2, 0) is 14.3 Å². The second kappa shape index (κ2) is 5.19. The topological polar surface area (TPSA) is 87.1 Å². The summed E-state index contributed by atoms with van der Waals surface area (Å²) in [6.07, 6.45) is 7.96. The van der Waals surface area contributed by atoms with Gasteiger partial charge < -0.3 is 14.9 Å². The first-order chi connectivity index (χ1) is 12.7. The number of hydrogen-bond donors (Lipinski definition) is 2. The quantitative estimate of drug-likeness (QED) is 0.722. The summed E-state index contributed by atoms with van der Waals surface area (Å²) in [5, 5.41) is 21.1. The van der Waals surface area contributed by atoms with Gasteiger partial charge in [-0.25, -0.2) is 0 Å². The number of aliphatic hydroxyl groups is 2. The molecule has 0 radical (unpaired) electrons. The second-order valence-electron chi connectivity index (χ2n) is 9.81. The van der Waals surface area contributed by atoms with Gasteiger partial charge in [0.1, 0.15) is 12.2 Å². The molecule has 5 heteroatoms. The molecule has 4 aliphatic carbocycles. The van der Waals surface area contributed by atoms with Crippen molar-refractivity contribution >= 4 is 11.6 Å². The summed E-state index contributed by atoms with van der Waals surface area (Å²) in [7, 11) is 0. The standard InChI is InChI=1S/C22H28O5/c1-11-8-15-14-5-4-12-9-13(24)6-7-20(12,2)17(14)18-19(27-18)21(15,3)22(11,26)16(25)10-23/h6-7,9,11,14-15,17-19,23,26H,4-5,8,10H2,1-3H3/t11-,14?,15?,17?,18+,19+,20-,21+,22-/m0/s1. The van der Waals surface area contributed by atoms with Gasteiger partial charge in [0, 0.05) is 16.7 Å². The van der Waals surface area contributed by atoms with E-state index in [1.807, 2.05) is 13.8 Å². The SMILES string of the molecule is C[C@H]1CC2C3CCC4=CC(=O)C=C[C@]4(C)C3[C@H]3O[C@H]3[C@]2(C)[C@@]1(O)C(=O)CO. The van der Waals surface area contributed by atoms with Crippen molar-refractivity contribution in [2.24, 2.45) is 34.5 Å². The first-order valence-electron chi connectivity index (χ1n) is 10.2. The van der Waals surface area contributed by atoms with Crippen LogP contribution in [0.25, 0.3) is 0 Å². The molecule has 5 aliphatic rings. The zero-order valence-electron chi connectivity index (χ0n) is 16.1. The zero-order valence-corrected chi connectivity index (χ0v) is 16.1. The highest BCUT2D eigenvalue weighted by atomic mass is 16.6. The number of ketones is 2. The molecule has 1 aliphatic heterocycles. The van der Waals surface area contributed by atoms with Crippen LogP contribution in [0.3, 0.4) is 0 Å². The minimum absolute atomic E-state index is 0.00822. The fourth-order valence-corrected chi connectivity index (χ4v) is 7.62. The molecule has 4 fully saturated rings. The van der Waals surface area contributed by atoms with Crippen LogP contribution in [0.5, 0.6) is 0 Å². The van der Waals surface area contributed by atoms with E-state index >= 15 is 0 Å². The number of Topliss-reactive ketones (excluding diaryl/α,β-unsaturated/α-hetero) is 1. The van der Waals surface area contributed by atoms with Crippen LogP contribution in [0.15, 0.2) is 23.8 Å². The average Bonchev–Trinajstić information content (AvgIpc) is 3.40. The van der Waals surface area contributed by atoms with Crippen molar-refractivity contribution in [2.45, 2.75) is 57.8 Å². The third-order valence-electron chi connectivity index (χ3n) is 8.97. The number of fused-ring (bicyclic) bond motifs is 8. The molecule has 0 aromatic heterocycles. The molecule has 0 aromatic carbocycles. The average molecular weight is 372 g/mol. The van der Waals surface area contributed by atoms with Gasteiger partial charge in [-0.15, -0.1) is 0 Å². The molecular weight excluding hydrogens is 344 g/mol. The van der Waals surface area contributed by atoms with Crippen molar-refractivity contribution in [2.75, 3.05) is 6.61 Å². The van der Waals surface area contributed by atoms with Gasteiger partial charge >= 0.3 is 0 Å². The van der Waals surface area contributed by atoms with Crippen molar-refractivity contribution in [3.8, 4) is 0 Å². The first-order valence-corrected chi connectivity index (χ1v) is 10.2. The minimum Gasteiger partial charge on any atom is -0.388 e. The van der Waals surface area contributed by atoms with Crippen molar-refractivity contribution < 1.29 is 24.5 Å². The first kappa shape index (κ1) is 17.8. The Morgan fingerprint density at radius 1 is 1.37 bits per heavy atom. The van der Waals surface area contributed by atoms with E-state index < -0.39 is 23.4 Å². The van der Waals surface area contributed by atoms with Gasteiger partial charge in [-0.3, -0.25) is 9.59 Å². The Kier molecular flexibility index (Phi) is 3.42. The van der Waals surface area contributed by atoms with Gasteiger partial charge in [0.15, 0.2) is 11.6 Å². The van der Waals surface area contributed by atoms with Gasteiger partial charge in [-0.1, -0.05) is 32.4 Å². The lowest BCUT2D eigenvalue weighted by Crippen LogP contribution is -2.62. The van der Waals surface area contributed by atoms with Crippen molar-refractivity contribution in [3.05, 3.63) is 23.8 Å². The fraction of sp³-hybridized carbons (Fsp3) is 0.727. The van der Waals surface area contributed by atoms with Crippen molar-refractivity contribution in [1.29, 1.82) is 0 Å². The Morgan fingerprint density at radius 2 is 2.11 bits per heavy atom. The van der Waals surface area contributed by atoms with E-state index in [2.05, 4.69) is 13.0 Å². The molecule has 1 saturated heterocycles. The third kappa shape index (κ3) is 1.86. The summed E-state index contributed by atoms with van der Waals surface area (Å²) in [5.74, 6) is 0.159. The maximum Gasteiger partial charge on any atom is 0.190 e. The summed E-state index contributed by atoms with van der Waals surface area (Å²) in [5.41, 5.74) is -1.19. The normalized spacial score (nSPS) is 55.1. The summed E-state index contributed by atoms with van der Waals surface area (Å²) >= 11 is 0. The number of aliphatic hydroxyl groups excluding tert-OH is 1. The highest BCUT2D eigenvalue weighted by Gasteiger charge is 2.79. The van der Waals surface area contributed by atoms with Crippen molar-refractivity contribution in [1.82, 2.24) is 0 Å². The van der Waals surface area contributed by atoms with E-state index in [1.54, 1.807) is 12.2 Å². The molecule has 146 valence electrons. The molecule has 0 aromatic rings. The largest absolute Gasteiger partial charge is 0.388 e. The number of epoxide rings is 1. The molecule has 1 heterocycles. The molecule has 0 spiro atoms. The predicted octanol–water partition coefficient (Wildman–Crippen LogP) is 1.82. The van der Waals surface area contributed by atoms with Gasteiger partial charge in [-0.2, -0.15) is 0 Å². The number of allylic oxidation sites excluding steroid dienone is 4. The van der Waals surface area contributed by atoms with Crippen LogP contribution in [0.4, 0.5) is 0 Å². The van der Waals surface area contributed by atoms with Crippen LogP contribution in [0, 0.1) is 34.5 Å². The lowest BCUT2D eigenvalue weighted by atomic mass is 9.47. The third-order valence-corrected chi connectivity index (χ3v) is 8.97. The Bertz CT molecular complexity index is 799. The molecular formula is C22H28O5. The van der Waals surface area contributed by atoms with E-state index in [9.17, 15) is 19.8 Å².